The molecule has 4 rings (SSSR count). The third-order valence-corrected chi connectivity index (χ3v) is 5.96. The second-order valence-corrected chi connectivity index (χ2v) is 8.93. The summed E-state index contributed by atoms with van der Waals surface area (Å²) in [4.78, 5) is 27.4. The zero-order valence-electron chi connectivity index (χ0n) is 20.8. The van der Waals surface area contributed by atoms with Crippen LogP contribution in [0.2, 0.25) is 0 Å². The van der Waals surface area contributed by atoms with E-state index in [1.54, 1.807) is 31.4 Å². The molecule has 0 fully saturated rings. The molecule has 1 aliphatic heterocycles. The fourth-order valence-corrected chi connectivity index (χ4v) is 4.15. The third kappa shape index (κ3) is 5.69. The van der Waals surface area contributed by atoms with E-state index in [4.69, 9.17) is 14.6 Å². The normalized spacial score (nSPS) is 13.8. The highest BCUT2D eigenvalue weighted by atomic mass is 16.5. The molecule has 0 saturated carbocycles. The first kappa shape index (κ1) is 25.3. The van der Waals surface area contributed by atoms with Gasteiger partial charge in [-0.2, -0.15) is 0 Å². The van der Waals surface area contributed by atoms with E-state index in [0.29, 0.717) is 30.0 Å². The van der Waals surface area contributed by atoms with Crippen molar-refractivity contribution < 1.29 is 24.2 Å². The topological polar surface area (TPSA) is 105 Å². The van der Waals surface area contributed by atoms with Crippen LogP contribution in [0.25, 0.3) is 17.0 Å². The van der Waals surface area contributed by atoms with E-state index in [9.17, 15) is 9.59 Å². The van der Waals surface area contributed by atoms with Crippen molar-refractivity contribution in [1.29, 1.82) is 0 Å². The van der Waals surface area contributed by atoms with E-state index < -0.39 is 6.03 Å². The van der Waals surface area contributed by atoms with Gasteiger partial charge in [-0.15, -0.1) is 0 Å². The summed E-state index contributed by atoms with van der Waals surface area (Å²) in [5.74, 6) is 1.17. The molecule has 2 heterocycles. The van der Waals surface area contributed by atoms with Gasteiger partial charge < -0.3 is 34.7 Å². The largest absolute Gasteiger partial charge is 0.497 e. The van der Waals surface area contributed by atoms with Crippen LogP contribution in [0.1, 0.15) is 28.8 Å². The number of aryl methyl sites for hydroxylation is 1. The predicted molar refractivity (Wildman–Crippen MR) is 140 cm³/mol. The number of urea groups is 1. The van der Waals surface area contributed by atoms with Gasteiger partial charge >= 0.3 is 6.03 Å². The lowest BCUT2D eigenvalue weighted by Crippen LogP contribution is -2.29. The molecule has 0 radical (unpaired) electrons. The molecule has 2 amide bonds. The molecule has 0 atom stereocenters. The molecule has 9 heteroatoms. The number of amides is 2. The lowest BCUT2D eigenvalue weighted by atomic mass is 10.1. The SMILES string of the molecule is COc1ccc2c(c1)c(C=C1Oc3ccc(NC(=O)NCCCO)cc3C1=O)cn2CCCN(C)C. The number of ketones is 1. The molecule has 3 aromatic rings. The Bertz CT molecular complexity index is 1290. The molecule has 3 N–H and O–H groups in total. The van der Waals surface area contributed by atoms with Crippen LogP contribution < -0.4 is 20.1 Å². The quantitative estimate of drug-likeness (QED) is 0.294. The summed E-state index contributed by atoms with van der Waals surface area (Å²) in [5, 5.41) is 15.2. The number of carbonyl (C=O) groups is 2. The number of nitrogens with zero attached hydrogens (tertiary/aromatic N) is 2. The van der Waals surface area contributed by atoms with Gasteiger partial charge in [-0.1, -0.05) is 0 Å². The van der Waals surface area contributed by atoms with Gasteiger partial charge in [-0.25, -0.2) is 4.79 Å². The van der Waals surface area contributed by atoms with Crippen LogP contribution in [-0.2, 0) is 6.54 Å². The smallest absolute Gasteiger partial charge is 0.319 e. The maximum Gasteiger partial charge on any atom is 0.319 e. The van der Waals surface area contributed by atoms with Gasteiger partial charge in [-0.3, -0.25) is 4.79 Å². The lowest BCUT2D eigenvalue weighted by molar-refractivity contribution is 0.101. The van der Waals surface area contributed by atoms with Crippen LogP contribution in [0.3, 0.4) is 0 Å². The van der Waals surface area contributed by atoms with Crippen LogP contribution in [-0.4, -0.2) is 67.3 Å². The van der Waals surface area contributed by atoms with Crippen molar-refractivity contribution >= 4 is 34.5 Å². The zero-order valence-corrected chi connectivity index (χ0v) is 20.8. The highest BCUT2D eigenvalue weighted by molar-refractivity contribution is 6.15. The monoisotopic (exact) mass is 492 g/mol. The molecule has 0 bridgehead atoms. The van der Waals surface area contributed by atoms with E-state index in [0.717, 1.165) is 41.7 Å². The van der Waals surface area contributed by atoms with Gasteiger partial charge in [0.1, 0.15) is 11.5 Å². The van der Waals surface area contributed by atoms with E-state index in [-0.39, 0.29) is 18.1 Å². The zero-order chi connectivity index (χ0) is 25.7. The summed E-state index contributed by atoms with van der Waals surface area (Å²) in [6.45, 7) is 2.17. The lowest BCUT2D eigenvalue weighted by Gasteiger charge is -2.10. The molecular weight excluding hydrogens is 460 g/mol. The van der Waals surface area contributed by atoms with E-state index in [1.807, 2.05) is 24.4 Å². The van der Waals surface area contributed by atoms with E-state index in [1.165, 1.54) is 0 Å². The Labute approximate surface area is 210 Å². The molecular formula is C27H32N4O5. The van der Waals surface area contributed by atoms with Gasteiger partial charge in [0, 0.05) is 48.0 Å². The van der Waals surface area contributed by atoms with Crippen molar-refractivity contribution in [3.63, 3.8) is 0 Å². The Hall–Kier alpha value is -3.82. The maximum atomic E-state index is 13.2. The van der Waals surface area contributed by atoms with E-state index >= 15 is 0 Å². The number of methoxy groups -OCH3 is 1. The number of rotatable bonds is 10. The van der Waals surface area contributed by atoms with Crippen LogP contribution in [0.4, 0.5) is 10.5 Å². The number of carbonyl (C=O) groups excluding carboxylic acids is 2. The molecule has 1 aliphatic rings. The van der Waals surface area contributed by atoms with Gasteiger partial charge in [-0.05, 0) is 76.0 Å². The molecule has 0 unspecified atom stereocenters. The minimum atomic E-state index is -0.401. The molecule has 9 nitrogen and oxygen atoms in total. The number of allylic oxidation sites excluding steroid dienone is 1. The predicted octanol–water partition coefficient (Wildman–Crippen LogP) is 3.72. The van der Waals surface area contributed by atoms with Gasteiger partial charge in [0.05, 0.1) is 12.7 Å². The van der Waals surface area contributed by atoms with Crippen molar-refractivity contribution in [2.75, 3.05) is 46.2 Å². The molecule has 2 aromatic carbocycles. The number of nitrogens with one attached hydrogen (secondary N) is 2. The Morgan fingerprint density at radius 2 is 2.03 bits per heavy atom. The fourth-order valence-electron chi connectivity index (χ4n) is 4.15. The summed E-state index contributed by atoms with van der Waals surface area (Å²) < 4.78 is 13.5. The number of aliphatic hydroxyl groups excluding tert-OH is 1. The second kappa shape index (κ2) is 11.3. The number of hydrogen-bond acceptors (Lipinski definition) is 6. The number of aromatic nitrogens is 1. The summed E-state index contributed by atoms with van der Waals surface area (Å²) in [6.07, 6.45) is 5.26. The van der Waals surface area contributed by atoms with Gasteiger partial charge in [0.25, 0.3) is 0 Å². The van der Waals surface area contributed by atoms with Crippen molar-refractivity contribution in [3.05, 3.63) is 59.5 Å². The molecule has 36 heavy (non-hydrogen) atoms. The average Bonchev–Trinajstić information content (AvgIpc) is 3.35. The van der Waals surface area contributed by atoms with Crippen LogP contribution >= 0.6 is 0 Å². The number of benzene rings is 2. The highest BCUT2D eigenvalue weighted by Crippen LogP contribution is 2.35. The average molecular weight is 493 g/mol. The van der Waals surface area contributed by atoms with Gasteiger partial charge in [0.2, 0.25) is 5.78 Å². The Morgan fingerprint density at radius 1 is 1.19 bits per heavy atom. The van der Waals surface area contributed by atoms with Gasteiger partial charge in [0.15, 0.2) is 5.76 Å². The van der Waals surface area contributed by atoms with Crippen molar-refractivity contribution in [1.82, 2.24) is 14.8 Å². The third-order valence-electron chi connectivity index (χ3n) is 5.96. The fraction of sp³-hybridized carbons (Fsp3) is 0.333. The van der Waals surface area contributed by atoms with Crippen molar-refractivity contribution in [3.8, 4) is 11.5 Å². The second-order valence-electron chi connectivity index (χ2n) is 8.93. The minimum Gasteiger partial charge on any atom is -0.497 e. The standard InChI is InChI=1S/C27H32N4O5/c1-30(2)11-5-12-31-17-18(21-16-20(35-3)7-8-23(21)31)14-25-26(33)22-15-19(6-9-24(22)36-25)29-27(34)28-10-4-13-32/h6-9,14-17,32H,4-5,10-13H2,1-3H3,(H2,28,29,34). The number of fused-ring (bicyclic) bond motifs is 2. The van der Waals surface area contributed by atoms with Crippen molar-refractivity contribution in [2.45, 2.75) is 19.4 Å². The number of ether oxygens (including phenoxy) is 2. The molecule has 0 aliphatic carbocycles. The Kier molecular flexibility index (Phi) is 7.92. The first-order valence-corrected chi connectivity index (χ1v) is 11.9. The summed E-state index contributed by atoms with van der Waals surface area (Å²) in [5.41, 5.74) is 2.80. The van der Waals surface area contributed by atoms with Crippen LogP contribution in [0.15, 0.2) is 48.4 Å². The highest BCUT2D eigenvalue weighted by Gasteiger charge is 2.28. The summed E-state index contributed by atoms with van der Waals surface area (Å²) in [6, 6.07) is 10.5. The minimum absolute atomic E-state index is 0.00160. The molecule has 1 aromatic heterocycles. The number of hydrogen-bond donors (Lipinski definition) is 3. The van der Waals surface area contributed by atoms with Crippen molar-refractivity contribution in [2.24, 2.45) is 0 Å². The molecule has 190 valence electrons. The number of Topliss-reactive ketones (excluding diaryl/α,β-unsaturated/α-hetero) is 1. The molecule has 0 saturated heterocycles. The first-order valence-electron chi connectivity index (χ1n) is 11.9. The Balaban J connectivity index is 1.58. The first-order chi connectivity index (χ1) is 17.4. The Morgan fingerprint density at radius 3 is 2.78 bits per heavy atom. The number of anilines is 1. The number of aliphatic hydroxyl groups is 1. The summed E-state index contributed by atoms with van der Waals surface area (Å²) >= 11 is 0. The molecule has 0 spiro atoms. The van der Waals surface area contributed by atoms with Crippen LogP contribution in [0.5, 0.6) is 11.5 Å². The maximum absolute atomic E-state index is 13.2. The van der Waals surface area contributed by atoms with E-state index in [2.05, 4.69) is 34.2 Å². The van der Waals surface area contributed by atoms with Crippen LogP contribution in [0, 0.1) is 0 Å². The summed E-state index contributed by atoms with van der Waals surface area (Å²) in [7, 11) is 5.74.